The van der Waals surface area contributed by atoms with Crippen LogP contribution in [0.4, 0.5) is 4.79 Å². The van der Waals surface area contributed by atoms with E-state index in [-0.39, 0.29) is 0 Å². The van der Waals surface area contributed by atoms with Gasteiger partial charge in [0, 0.05) is 10.0 Å². The van der Waals surface area contributed by atoms with Crippen LogP contribution in [0.15, 0.2) is 10.1 Å². The first-order valence-electron chi connectivity index (χ1n) is 1.48. The van der Waals surface area contributed by atoms with Crippen LogP contribution >= 0.6 is 0 Å². The van der Waals surface area contributed by atoms with Crippen LogP contribution in [0.3, 0.4) is 0 Å². The van der Waals surface area contributed by atoms with Crippen LogP contribution in [0.2, 0.25) is 0 Å². The molecule has 0 spiro atoms. The lowest BCUT2D eigenvalue weighted by Gasteiger charge is -1.64. The number of amides is 2. The summed E-state index contributed by atoms with van der Waals surface area (Å²) in [6.45, 7) is 0. The third-order valence-electron chi connectivity index (χ3n) is 0.272. The molecule has 0 bridgehead atoms. The summed E-state index contributed by atoms with van der Waals surface area (Å²) in [5.74, 6) is 0. The molecule has 2 amide bonds. The average Bonchev–Trinajstić information content (AvgIpc) is 1.68. The van der Waals surface area contributed by atoms with E-state index in [9.17, 15) is 9.59 Å². The number of nitrogens with zero attached hydrogens (tertiary/aromatic N) is 4. The summed E-state index contributed by atoms with van der Waals surface area (Å²) in [7, 11) is 0. The van der Waals surface area contributed by atoms with Crippen molar-refractivity contribution in [1.29, 1.82) is 0 Å². The van der Waals surface area contributed by atoms with E-state index >= 15 is 0 Å². The van der Waals surface area contributed by atoms with Crippen molar-refractivity contribution in [2.24, 2.45) is 10.1 Å². The first-order chi connectivity index (χ1) is 3.81. The van der Waals surface area contributed by atoms with E-state index in [1.807, 2.05) is 0 Å². The molecule has 0 aliphatic carbocycles. The number of aliphatic imine (C=N–C) groups is 1. The van der Waals surface area contributed by atoms with Crippen molar-refractivity contribution in [3.05, 3.63) is 10.4 Å². The summed E-state index contributed by atoms with van der Waals surface area (Å²) < 4.78 is 0. The molecule has 0 aromatic heterocycles. The molecular weight excluding hydrogens is 112 g/mol. The second-order valence-corrected chi connectivity index (χ2v) is 0.675. The fraction of sp³-hybridized carbons (Fsp3) is 0. The van der Waals surface area contributed by atoms with Crippen LogP contribution in [-0.2, 0) is 4.79 Å². The van der Waals surface area contributed by atoms with Crippen molar-refractivity contribution < 1.29 is 9.59 Å². The topological polar surface area (TPSA) is 95.3 Å². The highest BCUT2D eigenvalue weighted by atomic mass is 16.2. The summed E-state index contributed by atoms with van der Waals surface area (Å²) in [6.07, 6.45) is 0.913. The van der Waals surface area contributed by atoms with Gasteiger partial charge in [0.2, 0.25) is 6.08 Å². The van der Waals surface area contributed by atoms with Crippen molar-refractivity contribution in [3.8, 4) is 0 Å². The Hall–Kier alpha value is -1.64. The molecule has 6 heteroatoms. The first-order valence-corrected chi connectivity index (χ1v) is 1.48. The van der Waals surface area contributed by atoms with Gasteiger partial charge in [-0.25, -0.2) is 4.79 Å². The highest BCUT2D eigenvalue weighted by Gasteiger charge is 1.86. The SMILES string of the molecule is [N-]=[N+]=NC(=O)N=C=O. The Morgan fingerprint density at radius 2 is 2.38 bits per heavy atom. The first kappa shape index (κ1) is 6.36. The largest absolute Gasteiger partial charge is 0.344 e. The van der Waals surface area contributed by atoms with E-state index < -0.39 is 6.03 Å². The van der Waals surface area contributed by atoms with Crippen molar-refractivity contribution in [3.63, 3.8) is 0 Å². The van der Waals surface area contributed by atoms with Gasteiger partial charge in [-0.1, -0.05) is 0 Å². The molecule has 0 N–H and O–H groups in total. The highest BCUT2D eigenvalue weighted by molar-refractivity contribution is 5.80. The van der Waals surface area contributed by atoms with Crippen LogP contribution in [-0.4, -0.2) is 12.1 Å². The van der Waals surface area contributed by atoms with Crippen molar-refractivity contribution in [2.75, 3.05) is 0 Å². The number of azide groups is 1. The fourth-order valence-corrected chi connectivity index (χ4v) is 0.0997. The Bertz CT molecular complexity index is 164. The van der Waals surface area contributed by atoms with E-state index in [0.29, 0.717) is 0 Å². The lowest BCUT2D eigenvalue weighted by molar-refractivity contribution is 0.256. The van der Waals surface area contributed by atoms with Crippen molar-refractivity contribution in [1.82, 2.24) is 0 Å². The van der Waals surface area contributed by atoms with Gasteiger partial charge in [0.05, 0.1) is 0 Å². The van der Waals surface area contributed by atoms with Crippen molar-refractivity contribution >= 4 is 12.1 Å². The summed E-state index contributed by atoms with van der Waals surface area (Å²) in [4.78, 5) is 23.5. The van der Waals surface area contributed by atoms with Crippen LogP contribution in [0.5, 0.6) is 0 Å². The predicted molar refractivity (Wildman–Crippen MR) is 22.7 cm³/mol. The second-order valence-electron chi connectivity index (χ2n) is 0.675. The van der Waals surface area contributed by atoms with Crippen LogP contribution in [0, 0.1) is 0 Å². The maximum atomic E-state index is 9.79. The highest BCUT2D eigenvalue weighted by Crippen LogP contribution is 1.77. The van der Waals surface area contributed by atoms with Gasteiger partial charge in [-0.3, -0.25) is 4.79 Å². The summed E-state index contributed by atoms with van der Waals surface area (Å²) in [6, 6.07) is -1.18. The van der Waals surface area contributed by atoms with Gasteiger partial charge in [0.25, 0.3) is 0 Å². The molecule has 0 saturated carbocycles. The molecule has 40 valence electrons. The molecule has 0 atom stereocenters. The number of hydrogen-bond donors (Lipinski definition) is 0. The lowest BCUT2D eigenvalue weighted by Crippen LogP contribution is -1.76. The third-order valence-corrected chi connectivity index (χ3v) is 0.272. The molecule has 0 aromatic carbocycles. The number of urea groups is 1. The van der Waals surface area contributed by atoms with Crippen molar-refractivity contribution in [2.45, 2.75) is 0 Å². The Labute approximate surface area is 43.5 Å². The normalized spacial score (nSPS) is 6.00. The van der Waals surface area contributed by atoms with E-state index in [4.69, 9.17) is 5.53 Å². The minimum atomic E-state index is -1.18. The molecule has 0 unspecified atom stereocenters. The summed E-state index contributed by atoms with van der Waals surface area (Å²) in [5.41, 5.74) is 7.51. The molecule has 8 heavy (non-hydrogen) atoms. The summed E-state index contributed by atoms with van der Waals surface area (Å²) in [5, 5.41) is 2.43. The smallest absolute Gasteiger partial charge is 0.264 e. The average molecular weight is 112 g/mol. The number of rotatable bonds is 0. The van der Waals surface area contributed by atoms with E-state index in [0.717, 1.165) is 6.08 Å². The molecule has 0 aromatic rings. The maximum Gasteiger partial charge on any atom is 0.344 e. The zero-order chi connectivity index (χ0) is 6.41. The van der Waals surface area contributed by atoms with Gasteiger partial charge in [-0.05, 0) is 5.53 Å². The van der Waals surface area contributed by atoms with Gasteiger partial charge in [-0.2, -0.15) is 0 Å². The number of carbonyl (C=O) groups excluding carboxylic acids is 2. The zero-order valence-electron chi connectivity index (χ0n) is 3.61. The number of hydrogen-bond acceptors (Lipinski definition) is 2. The van der Waals surface area contributed by atoms with Crippen LogP contribution in [0.25, 0.3) is 10.4 Å². The van der Waals surface area contributed by atoms with Crippen LogP contribution < -0.4 is 0 Å². The molecule has 0 rings (SSSR count). The Kier molecular flexibility index (Phi) is 2.82. The van der Waals surface area contributed by atoms with Gasteiger partial charge in [-0.15, -0.1) is 4.99 Å². The Balaban J connectivity index is 4.04. The third kappa shape index (κ3) is 2.59. The van der Waals surface area contributed by atoms with Gasteiger partial charge in [0.15, 0.2) is 0 Å². The molecule has 0 fully saturated rings. The lowest BCUT2D eigenvalue weighted by atomic mass is 11.1. The Morgan fingerprint density at radius 3 is 2.75 bits per heavy atom. The quantitative estimate of drug-likeness (QED) is 0.152. The fourth-order valence-electron chi connectivity index (χ4n) is 0.0997. The van der Waals surface area contributed by atoms with Gasteiger partial charge in [0.1, 0.15) is 0 Å². The molecule has 0 aliphatic rings. The van der Waals surface area contributed by atoms with E-state index in [1.165, 1.54) is 0 Å². The molecular formula is C2N4O2. The molecule has 0 radical (unpaired) electrons. The number of carbonyl (C=O) groups is 1. The van der Waals surface area contributed by atoms with Gasteiger partial charge >= 0.3 is 6.03 Å². The minimum Gasteiger partial charge on any atom is -0.264 e. The second kappa shape index (κ2) is 3.55. The molecule has 0 aliphatic heterocycles. The molecule has 0 heterocycles. The van der Waals surface area contributed by atoms with E-state index in [1.54, 1.807) is 0 Å². The standard InChI is InChI=1S/C2N4O2/c3-6-5-2(8)4-1-7. The van der Waals surface area contributed by atoms with E-state index in [2.05, 4.69) is 15.0 Å². The summed E-state index contributed by atoms with van der Waals surface area (Å²) >= 11 is 0. The molecule has 0 saturated heterocycles. The minimum absolute atomic E-state index is 0.913. The number of isocyanates is 1. The predicted octanol–water partition coefficient (Wildman–Crippen LogP) is 0.752. The monoisotopic (exact) mass is 112 g/mol. The molecule has 6 nitrogen and oxygen atoms in total. The Morgan fingerprint density at radius 1 is 1.75 bits per heavy atom. The van der Waals surface area contributed by atoms with Gasteiger partial charge < -0.3 is 0 Å². The zero-order valence-corrected chi connectivity index (χ0v) is 3.61. The maximum absolute atomic E-state index is 9.79. The van der Waals surface area contributed by atoms with Crippen LogP contribution in [0.1, 0.15) is 0 Å².